The molecule has 6 heteroatoms. The number of para-hydroxylation sites is 2. The van der Waals surface area contributed by atoms with E-state index in [0.29, 0.717) is 15.6 Å². The van der Waals surface area contributed by atoms with Crippen LogP contribution in [0.1, 0.15) is 5.56 Å². The van der Waals surface area contributed by atoms with Gasteiger partial charge in [-0.05, 0) is 60.3 Å². The first-order chi connectivity index (χ1) is 14.1. The number of phenols is 1. The lowest BCUT2D eigenvalue weighted by atomic mass is 10.2. The van der Waals surface area contributed by atoms with Crippen molar-refractivity contribution in [2.24, 2.45) is 4.99 Å². The Balaban J connectivity index is 1.47. The van der Waals surface area contributed by atoms with Gasteiger partial charge in [0.2, 0.25) is 0 Å². The summed E-state index contributed by atoms with van der Waals surface area (Å²) in [5.74, 6) is 1.31. The van der Waals surface area contributed by atoms with Gasteiger partial charge in [-0.15, -0.1) is 0 Å². The molecule has 1 aliphatic rings. The largest absolute Gasteiger partial charge is 0.507 e. The standard InChI is InChI=1S/C23H18N2O3S/c1-25(17-11-13-19(14-12-17)28-18-8-3-2-4-9-18)23-24-22(27)21(29-23)15-16-7-5-6-10-20(16)26/h2-15,26H,1H3. The van der Waals surface area contributed by atoms with E-state index >= 15 is 0 Å². The number of phenolic OH excluding ortho intramolecular Hbond substituents is 1. The molecule has 3 aromatic carbocycles. The van der Waals surface area contributed by atoms with Gasteiger partial charge in [-0.3, -0.25) is 4.79 Å². The second-order valence-corrected chi connectivity index (χ2v) is 7.35. The molecule has 0 atom stereocenters. The molecule has 0 radical (unpaired) electrons. The molecule has 1 heterocycles. The number of rotatable bonds is 4. The molecule has 0 aliphatic carbocycles. The summed E-state index contributed by atoms with van der Waals surface area (Å²) in [5.41, 5.74) is 1.47. The summed E-state index contributed by atoms with van der Waals surface area (Å²) >= 11 is 1.28. The quantitative estimate of drug-likeness (QED) is 0.601. The zero-order chi connectivity index (χ0) is 20.2. The van der Waals surface area contributed by atoms with Crippen LogP contribution < -0.4 is 9.64 Å². The molecule has 0 fully saturated rings. The van der Waals surface area contributed by atoms with Crippen LogP contribution in [0.4, 0.5) is 5.69 Å². The highest BCUT2D eigenvalue weighted by atomic mass is 32.2. The maximum atomic E-state index is 12.3. The summed E-state index contributed by atoms with van der Waals surface area (Å²) in [7, 11) is 1.86. The van der Waals surface area contributed by atoms with Crippen LogP contribution in [-0.4, -0.2) is 23.2 Å². The minimum atomic E-state index is -0.316. The van der Waals surface area contributed by atoms with Crippen molar-refractivity contribution < 1.29 is 14.6 Å². The number of aliphatic imine (C=N–C) groups is 1. The number of hydrogen-bond acceptors (Lipinski definition) is 5. The molecule has 144 valence electrons. The molecule has 5 nitrogen and oxygen atoms in total. The topological polar surface area (TPSA) is 62.1 Å². The Morgan fingerprint density at radius 2 is 1.59 bits per heavy atom. The molecule has 0 spiro atoms. The van der Waals surface area contributed by atoms with Gasteiger partial charge in [-0.25, -0.2) is 0 Å². The van der Waals surface area contributed by atoms with Crippen LogP contribution in [0.3, 0.4) is 0 Å². The van der Waals surface area contributed by atoms with E-state index in [4.69, 9.17) is 4.74 Å². The van der Waals surface area contributed by atoms with Crippen molar-refractivity contribution in [3.05, 3.63) is 89.3 Å². The van der Waals surface area contributed by atoms with Gasteiger partial charge in [0.05, 0.1) is 4.91 Å². The van der Waals surface area contributed by atoms with Gasteiger partial charge >= 0.3 is 0 Å². The van der Waals surface area contributed by atoms with Crippen molar-refractivity contribution >= 4 is 34.6 Å². The Morgan fingerprint density at radius 3 is 2.31 bits per heavy atom. The van der Waals surface area contributed by atoms with Crippen molar-refractivity contribution in [3.8, 4) is 17.2 Å². The van der Waals surface area contributed by atoms with E-state index in [1.54, 1.807) is 24.3 Å². The van der Waals surface area contributed by atoms with Crippen molar-refractivity contribution in [2.75, 3.05) is 11.9 Å². The Morgan fingerprint density at radius 1 is 0.931 bits per heavy atom. The lowest BCUT2D eigenvalue weighted by molar-refractivity contribution is -0.113. The number of hydrogen-bond donors (Lipinski definition) is 1. The molecular formula is C23H18N2O3S. The van der Waals surface area contributed by atoms with E-state index in [1.165, 1.54) is 11.8 Å². The molecule has 0 saturated carbocycles. The number of ether oxygens (including phenoxy) is 1. The van der Waals surface area contributed by atoms with E-state index < -0.39 is 0 Å². The Kier molecular flexibility index (Phi) is 5.35. The second-order valence-electron chi connectivity index (χ2n) is 6.34. The minimum Gasteiger partial charge on any atom is -0.507 e. The Labute approximate surface area is 173 Å². The number of amides is 1. The molecule has 3 aromatic rings. The van der Waals surface area contributed by atoms with Crippen LogP contribution in [-0.2, 0) is 4.79 Å². The lowest BCUT2D eigenvalue weighted by Crippen LogP contribution is -2.21. The van der Waals surface area contributed by atoms with E-state index in [9.17, 15) is 9.90 Å². The van der Waals surface area contributed by atoms with Gasteiger partial charge < -0.3 is 14.7 Å². The second kappa shape index (κ2) is 8.24. The first-order valence-corrected chi connectivity index (χ1v) is 9.79. The fraction of sp³-hybridized carbons (Fsp3) is 0.0435. The molecule has 1 aliphatic heterocycles. The zero-order valence-corrected chi connectivity index (χ0v) is 16.5. The van der Waals surface area contributed by atoms with Gasteiger partial charge in [-0.1, -0.05) is 36.4 Å². The number of nitrogens with zero attached hydrogens (tertiary/aromatic N) is 2. The van der Waals surface area contributed by atoms with Crippen LogP contribution in [0.2, 0.25) is 0 Å². The first kappa shape index (κ1) is 18.8. The van der Waals surface area contributed by atoms with Crippen LogP contribution >= 0.6 is 11.8 Å². The highest BCUT2D eigenvalue weighted by Crippen LogP contribution is 2.33. The summed E-state index contributed by atoms with van der Waals surface area (Å²) in [6, 6.07) is 24.0. The predicted octanol–water partition coefficient (Wildman–Crippen LogP) is 5.29. The monoisotopic (exact) mass is 402 g/mol. The zero-order valence-electron chi connectivity index (χ0n) is 15.6. The summed E-state index contributed by atoms with van der Waals surface area (Å²) in [6.45, 7) is 0. The van der Waals surface area contributed by atoms with Crippen molar-refractivity contribution in [1.82, 2.24) is 0 Å². The highest BCUT2D eigenvalue weighted by Gasteiger charge is 2.25. The fourth-order valence-corrected chi connectivity index (χ4v) is 3.65. The summed E-state index contributed by atoms with van der Waals surface area (Å²) < 4.78 is 5.81. The number of thioether (sulfide) groups is 1. The number of aromatic hydroxyl groups is 1. The molecule has 0 unspecified atom stereocenters. The highest BCUT2D eigenvalue weighted by molar-refractivity contribution is 8.18. The fourth-order valence-electron chi connectivity index (χ4n) is 2.77. The number of amidine groups is 1. The number of benzene rings is 3. The van der Waals surface area contributed by atoms with Gasteiger partial charge in [0, 0.05) is 18.3 Å². The van der Waals surface area contributed by atoms with Gasteiger partial charge in [-0.2, -0.15) is 4.99 Å². The molecule has 0 saturated heterocycles. The summed E-state index contributed by atoms with van der Waals surface area (Å²) in [4.78, 5) is 18.8. The van der Waals surface area contributed by atoms with Crippen LogP contribution in [0.15, 0.2) is 88.8 Å². The average molecular weight is 402 g/mol. The lowest BCUT2D eigenvalue weighted by Gasteiger charge is -2.18. The predicted molar refractivity (Wildman–Crippen MR) is 117 cm³/mol. The third-order valence-electron chi connectivity index (χ3n) is 4.32. The minimum absolute atomic E-state index is 0.129. The molecule has 1 amide bonds. The molecule has 29 heavy (non-hydrogen) atoms. The number of carbonyl (C=O) groups excluding carboxylic acids is 1. The van der Waals surface area contributed by atoms with Gasteiger partial charge in [0.15, 0.2) is 5.17 Å². The van der Waals surface area contributed by atoms with Crippen LogP contribution in [0, 0.1) is 0 Å². The van der Waals surface area contributed by atoms with E-state index in [1.807, 2.05) is 72.6 Å². The van der Waals surface area contributed by atoms with E-state index in [2.05, 4.69) is 4.99 Å². The van der Waals surface area contributed by atoms with Gasteiger partial charge in [0.25, 0.3) is 5.91 Å². The maximum Gasteiger partial charge on any atom is 0.286 e. The van der Waals surface area contributed by atoms with Crippen molar-refractivity contribution in [2.45, 2.75) is 0 Å². The molecule has 1 N–H and O–H groups in total. The van der Waals surface area contributed by atoms with Crippen molar-refractivity contribution in [3.63, 3.8) is 0 Å². The number of carbonyl (C=O) groups is 1. The third-order valence-corrected chi connectivity index (χ3v) is 5.38. The SMILES string of the molecule is CN(C1=NC(=O)C(=Cc2ccccc2O)S1)c1ccc(Oc2ccccc2)cc1. The third kappa shape index (κ3) is 4.33. The summed E-state index contributed by atoms with van der Waals surface area (Å²) in [6.07, 6.45) is 1.66. The van der Waals surface area contributed by atoms with Gasteiger partial charge in [0.1, 0.15) is 17.2 Å². The first-order valence-electron chi connectivity index (χ1n) is 8.97. The maximum absolute atomic E-state index is 12.3. The molecular weight excluding hydrogens is 384 g/mol. The van der Waals surface area contributed by atoms with Crippen molar-refractivity contribution in [1.29, 1.82) is 0 Å². The normalized spacial score (nSPS) is 14.7. The van der Waals surface area contributed by atoms with E-state index in [-0.39, 0.29) is 11.7 Å². The van der Waals surface area contributed by atoms with Crippen LogP contribution in [0.5, 0.6) is 17.2 Å². The Hall–Kier alpha value is -3.51. The number of anilines is 1. The molecule has 0 bridgehead atoms. The average Bonchev–Trinajstić information content (AvgIpc) is 3.11. The smallest absolute Gasteiger partial charge is 0.286 e. The molecule has 4 rings (SSSR count). The molecule has 0 aromatic heterocycles. The summed E-state index contributed by atoms with van der Waals surface area (Å²) in [5, 5.41) is 10.5. The Bertz CT molecular complexity index is 1090. The van der Waals surface area contributed by atoms with E-state index in [0.717, 1.165) is 17.2 Å². The van der Waals surface area contributed by atoms with Crippen LogP contribution in [0.25, 0.3) is 6.08 Å².